The number of benzene rings is 1. The van der Waals surface area contributed by atoms with Gasteiger partial charge in [0.15, 0.2) is 0 Å². The fourth-order valence-electron chi connectivity index (χ4n) is 2.73. The highest BCUT2D eigenvalue weighted by Gasteiger charge is 2.29. The quantitative estimate of drug-likeness (QED) is 0.613. The van der Waals surface area contributed by atoms with Crippen LogP contribution < -0.4 is 5.32 Å². The van der Waals surface area contributed by atoms with E-state index >= 15 is 0 Å². The summed E-state index contributed by atoms with van der Waals surface area (Å²) in [6.45, 7) is -0.917. The summed E-state index contributed by atoms with van der Waals surface area (Å²) in [4.78, 5) is 26.1. The van der Waals surface area contributed by atoms with E-state index in [1.807, 2.05) is 0 Å². The van der Waals surface area contributed by atoms with Gasteiger partial charge in [-0.25, -0.2) is 4.39 Å². The molecule has 0 radical (unpaired) electrons. The Balaban J connectivity index is 1.79. The van der Waals surface area contributed by atoms with Gasteiger partial charge < -0.3 is 15.0 Å². The largest absolute Gasteiger partial charge is 0.411 e. The number of nitrogens with zero attached hydrogens (tertiary/aromatic N) is 1. The van der Waals surface area contributed by atoms with Crippen LogP contribution in [-0.4, -0.2) is 55.7 Å². The molecule has 0 saturated carbocycles. The number of piperidine rings is 1. The molecule has 1 fully saturated rings. The highest BCUT2D eigenvalue weighted by Crippen LogP contribution is 2.19. The van der Waals surface area contributed by atoms with E-state index in [1.165, 1.54) is 29.2 Å². The van der Waals surface area contributed by atoms with Gasteiger partial charge in [0.2, 0.25) is 5.91 Å². The molecule has 0 spiro atoms. The molecule has 26 heavy (non-hydrogen) atoms. The first-order valence-electron chi connectivity index (χ1n) is 8.23. The molecule has 2 rings (SSSR count). The summed E-state index contributed by atoms with van der Waals surface area (Å²) in [6.07, 6.45) is -3.17. The molecule has 1 aliphatic heterocycles. The molecule has 1 aromatic rings. The minimum atomic E-state index is -4.39. The van der Waals surface area contributed by atoms with E-state index in [9.17, 15) is 27.2 Å². The van der Waals surface area contributed by atoms with Gasteiger partial charge in [0.05, 0.1) is 12.5 Å². The fraction of sp³-hybridized carbons (Fsp3) is 0.529. The summed E-state index contributed by atoms with van der Waals surface area (Å²) in [7, 11) is 0. The van der Waals surface area contributed by atoms with Crippen molar-refractivity contribution in [3.63, 3.8) is 0 Å². The van der Waals surface area contributed by atoms with Crippen molar-refractivity contribution in [2.75, 3.05) is 32.8 Å². The number of amides is 2. The Labute approximate surface area is 148 Å². The monoisotopic (exact) mass is 376 g/mol. The van der Waals surface area contributed by atoms with Gasteiger partial charge in [0.1, 0.15) is 12.4 Å². The van der Waals surface area contributed by atoms with Crippen LogP contribution in [0.25, 0.3) is 0 Å². The van der Waals surface area contributed by atoms with Crippen molar-refractivity contribution < 1.29 is 31.9 Å². The van der Waals surface area contributed by atoms with E-state index in [4.69, 9.17) is 0 Å². The van der Waals surface area contributed by atoms with Gasteiger partial charge in [-0.15, -0.1) is 0 Å². The van der Waals surface area contributed by atoms with Gasteiger partial charge in [0, 0.05) is 25.2 Å². The second kappa shape index (κ2) is 8.98. The fourth-order valence-corrected chi connectivity index (χ4v) is 2.73. The van der Waals surface area contributed by atoms with E-state index in [-0.39, 0.29) is 31.5 Å². The summed E-state index contributed by atoms with van der Waals surface area (Å²) in [6, 6.07) is 5.17. The molecular formula is C17H20F4N2O3. The lowest BCUT2D eigenvalue weighted by molar-refractivity contribution is -0.173. The van der Waals surface area contributed by atoms with Gasteiger partial charge in [0.25, 0.3) is 5.91 Å². The predicted molar refractivity (Wildman–Crippen MR) is 84.9 cm³/mol. The van der Waals surface area contributed by atoms with Crippen molar-refractivity contribution in [2.24, 2.45) is 5.92 Å². The Morgan fingerprint density at radius 3 is 2.58 bits per heavy atom. The van der Waals surface area contributed by atoms with Crippen LogP contribution in [0.1, 0.15) is 23.2 Å². The molecule has 1 heterocycles. The van der Waals surface area contributed by atoms with Crippen LogP contribution in [0.4, 0.5) is 17.6 Å². The molecule has 0 bridgehead atoms. The minimum Gasteiger partial charge on any atom is -0.370 e. The van der Waals surface area contributed by atoms with Crippen LogP contribution >= 0.6 is 0 Å². The third-order valence-electron chi connectivity index (χ3n) is 3.98. The van der Waals surface area contributed by atoms with Crippen molar-refractivity contribution in [1.29, 1.82) is 0 Å². The predicted octanol–water partition coefficient (Wildman–Crippen LogP) is 2.37. The van der Waals surface area contributed by atoms with Gasteiger partial charge in [-0.1, -0.05) is 0 Å². The molecule has 0 aliphatic carbocycles. The molecule has 1 aromatic carbocycles. The first-order chi connectivity index (χ1) is 12.3. The van der Waals surface area contributed by atoms with Crippen LogP contribution in [0, 0.1) is 11.7 Å². The van der Waals surface area contributed by atoms with Gasteiger partial charge in [-0.2, -0.15) is 13.2 Å². The third kappa shape index (κ3) is 6.29. The maximum atomic E-state index is 12.9. The molecule has 1 aliphatic rings. The van der Waals surface area contributed by atoms with E-state index in [0.29, 0.717) is 24.9 Å². The van der Waals surface area contributed by atoms with Crippen LogP contribution in [-0.2, 0) is 9.53 Å². The van der Waals surface area contributed by atoms with Crippen LogP contribution in [0.2, 0.25) is 0 Å². The number of nitrogens with one attached hydrogen (secondary N) is 1. The molecular weight excluding hydrogens is 356 g/mol. The lowest BCUT2D eigenvalue weighted by atomic mass is 9.96. The summed E-state index contributed by atoms with van der Waals surface area (Å²) >= 11 is 0. The SMILES string of the molecule is O=C(NCCOCC(F)(F)F)C1CCCN(C(=O)c2ccc(F)cc2)C1. The van der Waals surface area contributed by atoms with E-state index in [1.54, 1.807) is 0 Å². The molecule has 5 nitrogen and oxygen atoms in total. The molecule has 1 unspecified atom stereocenters. The number of hydrogen-bond donors (Lipinski definition) is 1. The summed E-state index contributed by atoms with van der Waals surface area (Å²) in [5.41, 5.74) is 0.341. The summed E-state index contributed by atoms with van der Waals surface area (Å²) < 4.78 is 53.2. The number of rotatable bonds is 6. The average Bonchev–Trinajstić information content (AvgIpc) is 2.60. The number of likely N-dealkylation sites (tertiary alicyclic amines) is 1. The van der Waals surface area contributed by atoms with E-state index in [2.05, 4.69) is 10.1 Å². The lowest BCUT2D eigenvalue weighted by Crippen LogP contribution is -2.46. The van der Waals surface area contributed by atoms with Crippen LogP contribution in [0.3, 0.4) is 0 Å². The molecule has 9 heteroatoms. The van der Waals surface area contributed by atoms with E-state index in [0.717, 1.165) is 0 Å². The first kappa shape index (κ1) is 20.2. The lowest BCUT2D eigenvalue weighted by Gasteiger charge is -2.32. The Morgan fingerprint density at radius 1 is 1.23 bits per heavy atom. The smallest absolute Gasteiger partial charge is 0.370 e. The summed E-state index contributed by atoms with van der Waals surface area (Å²) in [5.74, 6) is -1.48. The number of alkyl halides is 3. The average molecular weight is 376 g/mol. The maximum absolute atomic E-state index is 12.9. The Bertz CT molecular complexity index is 619. The highest BCUT2D eigenvalue weighted by atomic mass is 19.4. The third-order valence-corrected chi connectivity index (χ3v) is 3.98. The number of ether oxygens (including phenoxy) is 1. The highest BCUT2D eigenvalue weighted by molar-refractivity contribution is 5.94. The van der Waals surface area contributed by atoms with Crippen LogP contribution in [0.15, 0.2) is 24.3 Å². The summed E-state index contributed by atoms with van der Waals surface area (Å²) in [5, 5.41) is 2.53. The van der Waals surface area contributed by atoms with Crippen molar-refractivity contribution in [3.05, 3.63) is 35.6 Å². The topological polar surface area (TPSA) is 58.6 Å². The zero-order valence-corrected chi connectivity index (χ0v) is 14.0. The second-order valence-electron chi connectivity index (χ2n) is 6.06. The zero-order chi connectivity index (χ0) is 19.2. The molecule has 0 aromatic heterocycles. The molecule has 1 atom stereocenters. The Morgan fingerprint density at radius 2 is 1.92 bits per heavy atom. The molecule has 1 saturated heterocycles. The van der Waals surface area contributed by atoms with Gasteiger partial charge in [-0.05, 0) is 37.1 Å². The molecule has 144 valence electrons. The molecule has 2 amide bonds. The second-order valence-corrected chi connectivity index (χ2v) is 6.06. The van der Waals surface area contributed by atoms with Crippen molar-refractivity contribution in [2.45, 2.75) is 19.0 Å². The maximum Gasteiger partial charge on any atom is 0.411 e. The first-order valence-corrected chi connectivity index (χ1v) is 8.23. The standard InChI is InChI=1S/C17H20F4N2O3/c18-14-5-3-12(4-6-14)16(25)23-8-1-2-13(10-23)15(24)22-7-9-26-11-17(19,20)21/h3-6,13H,1-2,7-11H2,(H,22,24). The van der Waals surface area contributed by atoms with Crippen molar-refractivity contribution in [3.8, 4) is 0 Å². The molecule has 1 N–H and O–H groups in total. The number of carbonyl (C=O) groups is 2. The minimum absolute atomic E-state index is 0.0304. The Hall–Kier alpha value is -2.16. The Kier molecular flexibility index (Phi) is 6.96. The van der Waals surface area contributed by atoms with Crippen LogP contribution in [0.5, 0.6) is 0 Å². The zero-order valence-electron chi connectivity index (χ0n) is 14.0. The number of hydrogen-bond acceptors (Lipinski definition) is 3. The van der Waals surface area contributed by atoms with Gasteiger partial charge >= 0.3 is 6.18 Å². The normalized spacial score (nSPS) is 17.8. The number of halogens is 4. The van der Waals surface area contributed by atoms with Gasteiger partial charge in [-0.3, -0.25) is 9.59 Å². The van der Waals surface area contributed by atoms with Crippen molar-refractivity contribution in [1.82, 2.24) is 10.2 Å². The van der Waals surface area contributed by atoms with E-state index < -0.39 is 24.5 Å². The van der Waals surface area contributed by atoms with Crippen molar-refractivity contribution >= 4 is 11.8 Å². The number of carbonyl (C=O) groups excluding carboxylic acids is 2.